The van der Waals surface area contributed by atoms with Crippen molar-refractivity contribution in [3.05, 3.63) is 89.2 Å². The number of hydrogen-bond acceptors (Lipinski definition) is 5. The lowest BCUT2D eigenvalue weighted by atomic mass is 10.1. The third-order valence-electron chi connectivity index (χ3n) is 4.65. The molecule has 0 radical (unpaired) electrons. The first-order chi connectivity index (χ1) is 14.2. The number of aromatic nitrogens is 2. The first-order valence-electron chi connectivity index (χ1n) is 9.25. The van der Waals surface area contributed by atoms with E-state index in [1.807, 2.05) is 54.6 Å². The van der Waals surface area contributed by atoms with Gasteiger partial charge in [-0.2, -0.15) is 5.26 Å². The summed E-state index contributed by atoms with van der Waals surface area (Å²) in [6.07, 6.45) is 0.706. The summed E-state index contributed by atoms with van der Waals surface area (Å²) in [5.74, 6) is -0.215. The van der Waals surface area contributed by atoms with Crippen molar-refractivity contribution in [2.45, 2.75) is 13.3 Å². The van der Waals surface area contributed by atoms with Gasteiger partial charge in [0.15, 0.2) is 5.13 Å². The Balaban J connectivity index is 1.69. The number of rotatable bonds is 5. The van der Waals surface area contributed by atoms with E-state index in [0.717, 1.165) is 15.8 Å². The summed E-state index contributed by atoms with van der Waals surface area (Å²) in [5.41, 5.74) is 3.35. The number of thiazole rings is 1. The molecule has 0 saturated carbocycles. The first-order valence-corrected chi connectivity index (χ1v) is 10.1. The molecule has 29 heavy (non-hydrogen) atoms. The van der Waals surface area contributed by atoms with Crippen molar-refractivity contribution in [1.82, 2.24) is 9.97 Å². The summed E-state index contributed by atoms with van der Waals surface area (Å²) in [6, 6.07) is 23.2. The van der Waals surface area contributed by atoms with Gasteiger partial charge in [-0.1, -0.05) is 53.8 Å². The van der Waals surface area contributed by atoms with Crippen LogP contribution in [0.25, 0.3) is 10.2 Å². The largest absolute Gasteiger partial charge is 0.282 e. The quantitative estimate of drug-likeness (QED) is 0.486. The van der Waals surface area contributed by atoms with E-state index in [4.69, 9.17) is 5.26 Å². The van der Waals surface area contributed by atoms with E-state index in [9.17, 15) is 4.79 Å². The zero-order valence-corrected chi connectivity index (χ0v) is 16.7. The van der Waals surface area contributed by atoms with Gasteiger partial charge in [-0.05, 0) is 43.2 Å². The zero-order chi connectivity index (χ0) is 20.2. The van der Waals surface area contributed by atoms with E-state index >= 15 is 0 Å². The fraction of sp³-hybridized carbons (Fsp3) is 0.130. The topological polar surface area (TPSA) is 69.9 Å². The van der Waals surface area contributed by atoms with Crippen LogP contribution in [-0.2, 0) is 6.42 Å². The van der Waals surface area contributed by atoms with Crippen LogP contribution in [0.4, 0.5) is 5.13 Å². The van der Waals surface area contributed by atoms with Crippen molar-refractivity contribution in [3.63, 3.8) is 0 Å². The summed E-state index contributed by atoms with van der Waals surface area (Å²) in [7, 11) is 0. The zero-order valence-electron chi connectivity index (χ0n) is 15.9. The number of fused-ring (bicyclic) bond motifs is 1. The third kappa shape index (κ3) is 4.00. The lowest BCUT2D eigenvalue weighted by Crippen LogP contribution is -2.33. The Hall–Kier alpha value is -3.56. The second-order valence-corrected chi connectivity index (χ2v) is 7.61. The van der Waals surface area contributed by atoms with Gasteiger partial charge in [0.2, 0.25) is 0 Å². The fourth-order valence-electron chi connectivity index (χ4n) is 3.08. The molecule has 4 aromatic rings. The molecule has 0 fully saturated rings. The highest BCUT2D eigenvalue weighted by atomic mass is 32.1. The summed E-state index contributed by atoms with van der Waals surface area (Å²) < 4.78 is 1.03. The van der Waals surface area contributed by atoms with Crippen molar-refractivity contribution in [2.75, 3.05) is 11.4 Å². The maximum Gasteiger partial charge on any atom is 0.278 e. The van der Waals surface area contributed by atoms with Crippen LogP contribution in [0.2, 0.25) is 0 Å². The van der Waals surface area contributed by atoms with Crippen LogP contribution in [-0.4, -0.2) is 22.4 Å². The van der Waals surface area contributed by atoms with Gasteiger partial charge in [0.25, 0.3) is 5.91 Å². The van der Waals surface area contributed by atoms with Crippen LogP contribution in [0.15, 0.2) is 66.7 Å². The van der Waals surface area contributed by atoms with Crippen molar-refractivity contribution < 1.29 is 4.79 Å². The molecule has 0 spiro atoms. The first kappa shape index (κ1) is 18.8. The number of pyridine rings is 1. The van der Waals surface area contributed by atoms with E-state index in [-0.39, 0.29) is 5.91 Å². The van der Waals surface area contributed by atoms with Crippen LogP contribution in [0.1, 0.15) is 27.3 Å². The molecule has 0 atom stereocenters. The molecule has 0 bridgehead atoms. The number of carbonyl (C=O) groups is 1. The number of anilines is 1. The summed E-state index contributed by atoms with van der Waals surface area (Å²) in [6.45, 7) is 2.23. The van der Waals surface area contributed by atoms with Crippen molar-refractivity contribution in [3.8, 4) is 6.07 Å². The summed E-state index contributed by atoms with van der Waals surface area (Å²) in [4.78, 5) is 24.1. The molecule has 0 unspecified atom stereocenters. The number of aryl methyl sites for hydroxylation is 1. The molecule has 6 heteroatoms. The number of nitrogens with zero attached hydrogens (tertiary/aromatic N) is 4. The van der Waals surface area contributed by atoms with Crippen LogP contribution in [0.5, 0.6) is 0 Å². The van der Waals surface area contributed by atoms with Gasteiger partial charge >= 0.3 is 0 Å². The fourth-order valence-corrected chi connectivity index (χ4v) is 4.07. The normalized spacial score (nSPS) is 10.6. The standard InChI is InChI=1S/C23H18N4OS/c1-16-18(15-24)11-12-20(25-16)22(28)27(14-13-17-7-3-2-4-8-17)23-26-19-9-5-6-10-21(19)29-23/h2-12H,13-14H2,1H3. The maximum atomic E-state index is 13.3. The van der Waals surface area contributed by atoms with Crippen molar-refractivity contribution >= 4 is 32.6 Å². The third-order valence-corrected chi connectivity index (χ3v) is 5.71. The highest BCUT2D eigenvalue weighted by Gasteiger charge is 2.23. The molecule has 0 aliphatic rings. The molecule has 4 rings (SSSR count). The lowest BCUT2D eigenvalue weighted by molar-refractivity contribution is 0.0982. The van der Waals surface area contributed by atoms with Gasteiger partial charge in [-0.25, -0.2) is 9.97 Å². The number of hydrogen-bond donors (Lipinski definition) is 0. The van der Waals surface area contributed by atoms with E-state index in [1.165, 1.54) is 11.3 Å². The summed E-state index contributed by atoms with van der Waals surface area (Å²) >= 11 is 1.49. The number of para-hydroxylation sites is 1. The Morgan fingerprint density at radius 2 is 1.79 bits per heavy atom. The Kier molecular flexibility index (Phi) is 5.32. The Bertz CT molecular complexity index is 1180. The smallest absolute Gasteiger partial charge is 0.278 e. The molecule has 0 aliphatic carbocycles. The lowest BCUT2D eigenvalue weighted by Gasteiger charge is -2.20. The minimum Gasteiger partial charge on any atom is -0.282 e. The van der Waals surface area contributed by atoms with Crippen molar-refractivity contribution in [2.24, 2.45) is 0 Å². The maximum absolute atomic E-state index is 13.3. The monoisotopic (exact) mass is 398 g/mol. The molecule has 0 saturated heterocycles. The van der Waals surface area contributed by atoms with Crippen molar-refractivity contribution in [1.29, 1.82) is 5.26 Å². The molecular formula is C23H18N4OS. The van der Waals surface area contributed by atoms with Crippen LogP contribution < -0.4 is 4.90 Å². The van der Waals surface area contributed by atoms with E-state index in [1.54, 1.807) is 24.0 Å². The minimum atomic E-state index is -0.215. The highest BCUT2D eigenvalue weighted by molar-refractivity contribution is 7.22. The Morgan fingerprint density at radius 3 is 2.52 bits per heavy atom. The average molecular weight is 398 g/mol. The van der Waals surface area contributed by atoms with Gasteiger partial charge in [0.05, 0.1) is 21.5 Å². The Labute approximate surface area is 172 Å². The van der Waals surface area contributed by atoms with E-state index in [0.29, 0.717) is 35.0 Å². The molecule has 2 aromatic carbocycles. The van der Waals surface area contributed by atoms with Crippen LogP contribution in [0.3, 0.4) is 0 Å². The molecule has 2 aromatic heterocycles. The van der Waals surface area contributed by atoms with Gasteiger partial charge in [0, 0.05) is 6.54 Å². The van der Waals surface area contributed by atoms with Gasteiger partial charge < -0.3 is 0 Å². The van der Waals surface area contributed by atoms with Gasteiger partial charge in [0.1, 0.15) is 11.8 Å². The SMILES string of the molecule is Cc1nc(C(=O)N(CCc2ccccc2)c2nc3ccccc3s2)ccc1C#N. The number of nitriles is 1. The average Bonchev–Trinajstić information content (AvgIpc) is 3.18. The van der Waals surface area contributed by atoms with E-state index in [2.05, 4.69) is 16.0 Å². The predicted octanol–water partition coefficient (Wildman–Crippen LogP) is 4.76. The van der Waals surface area contributed by atoms with Gasteiger partial charge in [-0.15, -0.1) is 0 Å². The number of amides is 1. The minimum absolute atomic E-state index is 0.215. The molecule has 2 heterocycles. The molecule has 5 nitrogen and oxygen atoms in total. The molecule has 142 valence electrons. The van der Waals surface area contributed by atoms with Crippen LogP contribution in [0, 0.1) is 18.3 Å². The second-order valence-electron chi connectivity index (χ2n) is 6.60. The molecule has 0 aliphatic heterocycles. The molecular weight excluding hydrogens is 380 g/mol. The number of carbonyl (C=O) groups excluding carboxylic acids is 1. The predicted molar refractivity (Wildman–Crippen MR) is 115 cm³/mol. The Morgan fingerprint density at radius 1 is 1.03 bits per heavy atom. The van der Waals surface area contributed by atoms with E-state index < -0.39 is 0 Å². The number of benzene rings is 2. The molecule has 1 amide bonds. The molecule has 0 N–H and O–H groups in total. The second kappa shape index (κ2) is 8.21. The van der Waals surface area contributed by atoms with Crippen LogP contribution >= 0.6 is 11.3 Å². The summed E-state index contributed by atoms with van der Waals surface area (Å²) in [5, 5.41) is 9.78. The highest BCUT2D eigenvalue weighted by Crippen LogP contribution is 2.29. The van der Waals surface area contributed by atoms with Gasteiger partial charge in [-0.3, -0.25) is 9.69 Å².